The van der Waals surface area contributed by atoms with Crippen molar-refractivity contribution in [1.29, 1.82) is 4.78 Å². The molecular weight excluding hydrogens is 658 g/mol. The number of piperidine rings is 1. The summed E-state index contributed by atoms with van der Waals surface area (Å²) in [6, 6.07) is 9.21. The van der Waals surface area contributed by atoms with Crippen molar-refractivity contribution in [2.75, 3.05) is 49.7 Å². The molecule has 10 nitrogen and oxygen atoms in total. The number of hydrogen-bond donors (Lipinski definition) is 1. The van der Waals surface area contributed by atoms with Crippen molar-refractivity contribution in [3.8, 4) is 22.9 Å². The Labute approximate surface area is 274 Å². The Morgan fingerprint density at radius 3 is 2.23 bits per heavy atom. The van der Waals surface area contributed by atoms with Crippen LogP contribution in [0.4, 0.5) is 5.95 Å². The number of ether oxygens (including phenoxy) is 2. The van der Waals surface area contributed by atoms with Crippen LogP contribution < -0.4 is 9.64 Å². The molecule has 3 aromatic rings. The summed E-state index contributed by atoms with van der Waals surface area (Å²) in [6.07, 6.45) is 5.50. The molecule has 15 heteroatoms. The molecule has 2 aliphatic rings. The van der Waals surface area contributed by atoms with E-state index in [1.165, 1.54) is 7.11 Å². The largest absolute Gasteiger partial charge is 0.469 e. The van der Waals surface area contributed by atoms with Crippen molar-refractivity contribution < 1.29 is 18.5 Å². The summed E-state index contributed by atoms with van der Waals surface area (Å²) < 4.78 is 30.7. The number of benzene rings is 1. The predicted octanol–water partition coefficient (Wildman–Crippen LogP) is 6.12. The van der Waals surface area contributed by atoms with Crippen molar-refractivity contribution in [3.63, 3.8) is 0 Å². The molecule has 1 N–H and O–H groups in total. The molecule has 0 radical (unpaired) electrons. The van der Waals surface area contributed by atoms with Crippen LogP contribution in [0.2, 0.25) is 10.0 Å². The number of methoxy groups -OCH3 is 1. The van der Waals surface area contributed by atoms with E-state index < -0.39 is 9.73 Å². The zero-order valence-corrected chi connectivity index (χ0v) is 27.5. The highest BCUT2D eigenvalue weighted by molar-refractivity contribution is 7.92. The van der Waals surface area contributed by atoms with Gasteiger partial charge >= 0.3 is 5.97 Å². The summed E-state index contributed by atoms with van der Waals surface area (Å²) in [5.41, 5.74) is 2.46. The summed E-state index contributed by atoms with van der Waals surface area (Å²) in [4.78, 5) is 29.6. The first-order valence-electron chi connectivity index (χ1n) is 13.4. The molecule has 1 aromatic carbocycles. The summed E-state index contributed by atoms with van der Waals surface area (Å²) in [6.45, 7) is 3.41. The number of hydrogen-bond acceptors (Lipinski definition) is 10. The van der Waals surface area contributed by atoms with Gasteiger partial charge in [0.05, 0.1) is 25.2 Å². The standard InChI is InChI=1S/C28H32Cl2N6O4S.2ClH/c1-39-27(37)12-19-2-4-35(5-3-19)18-20-10-25(21-13-22(29)15-23(30)14-21)34-26(11-20)40-24-16-32-28(33-17-24)36-6-8-41(31,38)9-7-36;;/h10-11,13-17,19,31H,2-9,12,18H2,1H3;2*1H. The lowest BCUT2D eigenvalue weighted by Crippen LogP contribution is -2.40. The number of carbonyl (C=O) groups excluding carboxylic acids is 1. The first-order valence-corrected chi connectivity index (χ1v) is 16.1. The second-order valence-electron chi connectivity index (χ2n) is 10.4. The molecule has 0 bridgehead atoms. The van der Waals surface area contributed by atoms with Gasteiger partial charge in [-0.15, -0.1) is 24.8 Å². The van der Waals surface area contributed by atoms with Gasteiger partial charge in [-0.3, -0.25) is 14.5 Å². The van der Waals surface area contributed by atoms with Crippen LogP contribution in [-0.4, -0.2) is 74.8 Å². The van der Waals surface area contributed by atoms with Crippen LogP contribution >= 0.6 is 48.0 Å². The third kappa shape index (κ3) is 9.79. The second-order valence-corrected chi connectivity index (χ2v) is 13.7. The van der Waals surface area contributed by atoms with Crippen molar-refractivity contribution in [2.45, 2.75) is 25.8 Å². The monoisotopic (exact) mass is 690 g/mol. The first kappa shape index (κ1) is 35.1. The summed E-state index contributed by atoms with van der Waals surface area (Å²) in [5, 5.41) is 1.02. The molecule has 5 rings (SSSR count). The number of nitrogens with one attached hydrogen (secondary N) is 1. The van der Waals surface area contributed by atoms with Gasteiger partial charge in [-0.25, -0.2) is 19.2 Å². The lowest BCUT2D eigenvalue weighted by molar-refractivity contribution is -0.142. The van der Waals surface area contributed by atoms with Gasteiger partial charge in [-0.05, 0) is 61.7 Å². The minimum atomic E-state index is -2.50. The zero-order chi connectivity index (χ0) is 29.0. The highest BCUT2D eigenvalue weighted by Crippen LogP contribution is 2.31. The van der Waals surface area contributed by atoms with Crippen LogP contribution in [0.15, 0.2) is 42.7 Å². The van der Waals surface area contributed by atoms with E-state index in [-0.39, 0.29) is 30.8 Å². The minimum Gasteiger partial charge on any atom is -0.469 e. The number of pyridine rings is 1. The third-order valence-corrected chi connectivity index (χ3v) is 9.44. The fourth-order valence-corrected chi connectivity index (χ4v) is 6.81. The normalized spacial score (nSPS) is 17.0. The molecule has 0 aliphatic carbocycles. The third-order valence-electron chi connectivity index (χ3n) is 7.32. The van der Waals surface area contributed by atoms with Gasteiger partial charge in [0, 0.05) is 69.0 Å². The fourth-order valence-electron chi connectivity index (χ4n) is 5.05. The van der Waals surface area contributed by atoms with Crippen LogP contribution in [0.25, 0.3) is 11.3 Å². The maximum atomic E-state index is 12.0. The fraction of sp³-hybridized carbons (Fsp3) is 0.429. The molecule has 0 spiro atoms. The molecule has 234 valence electrons. The van der Waals surface area contributed by atoms with Crippen LogP contribution in [0.5, 0.6) is 11.6 Å². The zero-order valence-electron chi connectivity index (χ0n) is 23.5. The molecule has 0 unspecified atom stereocenters. The average Bonchev–Trinajstić information content (AvgIpc) is 2.94. The Kier molecular flexibility index (Phi) is 12.7. The van der Waals surface area contributed by atoms with Crippen LogP contribution in [-0.2, 0) is 25.8 Å². The SMILES string of the molecule is COC(=O)CC1CCN(Cc2cc(Oc3cnc(N4CCS(=N)(=O)CC4)nc3)nc(-c3cc(Cl)cc(Cl)c3)c2)CC1.Cl.Cl. The average molecular weight is 692 g/mol. The van der Waals surface area contributed by atoms with Gasteiger partial charge in [0.25, 0.3) is 0 Å². The van der Waals surface area contributed by atoms with E-state index in [0.717, 1.165) is 37.1 Å². The molecule has 2 saturated heterocycles. The lowest BCUT2D eigenvalue weighted by atomic mass is 9.93. The van der Waals surface area contributed by atoms with E-state index >= 15 is 0 Å². The Morgan fingerprint density at radius 2 is 1.63 bits per heavy atom. The summed E-state index contributed by atoms with van der Waals surface area (Å²) in [5.74, 6) is 2.13. The number of likely N-dealkylation sites (tertiary alicyclic amines) is 1. The number of halogens is 4. The maximum absolute atomic E-state index is 12.0. The van der Waals surface area contributed by atoms with Crippen molar-refractivity contribution in [2.24, 2.45) is 5.92 Å². The number of aromatic nitrogens is 3. The highest BCUT2D eigenvalue weighted by Gasteiger charge is 2.23. The Balaban J connectivity index is 0.00000253. The van der Waals surface area contributed by atoms with Gasteiger partial charge in [0.2, 0.25) is 11.8 Å². The molecular formula is C28H34Cl4N6O4S. The van der Waals surface area contributed by atoms with Gasteiger partial charge in [-0.1, -0.05) is 23.2 Å². The molecule has 4 heterocycles. The van der Waals surface area contributed by atoms with Gasteiger partial charge in [-0.2, -0.15) is 0 Å². The van der Waals surface area contributed by atoms with E-state index in [2.05, 4.69) is 14.9 Å². The van der Waals surface area contributed by atoms with Crippen LogP contribution in [0.3, 0.4) is 0 Å². The second kappa shape index (κ2) is 15.5. The van der Waals surface area contributed by atoms with Crippen LogP contribution in [0.1, 0.15) is 24.8 Å². The van der Waals surface area contributed by atoms with Crippen molar-refractivity contribution >= 4 is 69.7 Å². The van der Waals surface area contributed by atoms with E-state index in [9.17, 15) is 9.00 Å². The quantitative estimate of drug-likeness (QED) is 0.278. The molecule has 0 saturated carbocycles. The maximum Gasteiger partial charge on any atom is 0.305 e. The summed E-state index contributed by atoms with van der Waals surface area (Å²) in [7, 11) is -1.07. The molecule has 0 atom stereocenters. The van der Waals surface area contributed by atoms with Gasteiger partial charge in [0.15, 0.2) is 5.75 Å². The van der Waals surface area contributed by atoms with Crippen LogP contribution in [0, 0.1) is 10.7 Å². The number of nitrogens with zero attached hydrogens (tertiary/aromatic N) is 5. The highest BCUT2D eigenvalue weighted by atomic mass is 35.5. The first-order chi connectivity index (χ1) is 19.7. The molecule has 43 heavy (non-hydrogen) atoms. The van der Waals surface area contributed by atoms with Gasteiger partial charge in [0.1, 0.15) is 0 Å². The van der Waals surface area contributed by atoms with E-state index in [1.54, 1.807) is 18.5 Å². The number of esters is 1. The molecule has 0 amide bonds. The predicted molar refractivity (Wildman–Crippen MR) is 174 cm³/mol. The topological polar surface area (TPSA) is 122 Å². The van der Waals surface area contributed by atoms with E-state index in [1.807, 2.05) is 29.2 Å². The molecule has 2 fully saturated rings. The number of anilines is 1. The number of carbonyl (C=O) groups is 1. The molecule has 2 aliphatic heterocycles. The van der Waals surface area contributed by atoms with E-state index in [0.29, 0.717) is 76.8 Å². The van der Waals surface area contributed by atoms with Crippen molar-refractivity contribution in [3.05, 3.63) is 58.3 Å². The smallest absolute Gasteiger partial charge is 0.305 e. The van der Waals surface area contributed by atoms with Gasteiger partial charge < -0.3 is 14.4 Å². The lowest BCUT2D eigenvalue weighted by Gasteiger charge is -2.31. The molecule has 2 aromatic heterocycles. The number of rotatable bonds is 8. The Bertz CT molecular complexity index is 1470. The van der Waals surface area contributed by atoms with Crippen molar-refractivity contribution in [1.82, 2.24) is 19.9 Å². The Hall–Kier alpha value is -2.41. The Morgan fingerprint density at radius 1 is 1.00 bits per heavy atom. The summed E-state index contributed by atoms with van der Waals surface area (Å²) >= 11 is 12.6. The van der Waals surface area contributed by atoms with E-state index in [4.69, 9.17) is 42.4 Å². The minimum absolute atomic E-state index is 0.